The monoisotopic (exact) mass is 237 g/mol. The lowest BCUT2D eigenvalue weighted by molar-refractivity contribution is -0.119. The molecule has 2 fully saturated rings. The van der Waals surface area contributed by atoms with Gasteiger partial charge < -0.3 is 9.69 Å². The smallest absolute Gasteiger partial charge is 0.127 e. The van der Waals surface area contributed by atoms with Gasteiger partial charge in [-0.2, -0.15) is 0 Å². The molecule has 0 amide bonds. The first-order valence-electron chi connectivity index (χ1n) is 7.39. The van der Waals surface area contributed by atoms with Gasteiger partial charge in [0.15, 0.2) is 0 Å². The Bertz CT molecular complexity index is 239. The fourth-order valence-electron chi connectivity index (χ4n) is 3.80. The molecule has 2 aliphatic carbocycles. The zero-order valence-corrected chi connectivity index (χ0v) is 11.3. The SMILES string of the molecule is CN(CC1CCCC1)CC1(C=O)CCCCC1. The minimum Gasteiger partial charge on any atom is -0.305 e. The molecule has 0 aromatic heterocycles. The average molecular weight is 237 g/mol. The molecule has 2 heteroatoms. The number of hydrogen-bond acceptors (Lipinski definition) is 2. The molecule has 0 bridgehead atoms. The Morgan fingerprint density at radius 3 is 2.35 bits per heavy atom. The Hall–Kier alpha value is -0.370. The van der Waals surface area contributed by atoms with Gasteiger partial charge in [0.2, 0.25) is 0 Å². The van der Waals surface area contributed by atoms with Crippen molar-refractivity contribution < 1.29 is 4.79 Å². The quantitative estimate of drug-likeness (QED) is 0.684. The topological polar surface area (TPSA) is 20.3 Å². The van der Waals surface area contributed by atoms with Crippen LogP contribution in [0.15, 0.2) is 0 Å². The van der Waals surface area contributed by atoms with E-state index in [1.807, 2.05) is 0 Å². The van der Waals surface area contributed by atoms with Gasteiger partial charge in [-0.05, 0) is 38.6 Å². The lowest BCUT2D eigenvalue weighted by atomic mass is 9.75. The summed E-state index contributed by atoms with van der Waals surface area (Å²) < 4.78 is 0. The summed E-state index contributed by atoms with van der Waals surface area (Å²) in [6, 6.07) is 0. The van der Waals surface area contributed by atoms with Crippen LogP contribution >= 0.6 is 0 Å². The molecular weight excluding hydrogens is 210 g/mol. The van der Waals surface area contributed by atoms with Crippen molar-refractivity contribution in [3.8, 4) is 0 Å². The maximum atomic E-state index is 11.4. The van der Waals surface area contributed by atoms with Crippen LogP contribution in [-0.4, -0.2) is 31.3 Å². The maximum absolute atomic E-state index is 11.4. The van der Waals surface area contributed by atoms with Gasteiger partial charge in [-0.25, -0.2) is 0 Å². The van der Waals surface area contributed by atoms with E-state index >= 15 is 0 Å². The van der Waals surface area contributed by atoms with E-state index in [4.69, 9.17) is 0 Å². The van der Waals surface area contributed by atoms with E-state index in [2.05, 4.69) is 11.9 Å². The molecule has 0 aromatic rings. The van der Waals surface area contributed by atoms with E-state index < -0.39 is 0 Å². The summed E-state index contributed by atoms with van der Waals surface area (Å²) in [7, 11) is 2.21. The summed E-state index contributed by atoms with van der Waals surface area (Å²) in [5.41, 5.74) is -0.00833. The number of carbonyl (C=O) groups is 1. The van der Waals surface area contributed by atoms with Crippen LogP contribution in [0.25, 0.3) is 0 Å². The third kappa shape index (κ3) is 3.54. The molecule has 2 nitrogen and oxygen atoms in total. The van der Waals surface area contributed by atoms with Gasteiger partial charge in [0.05, 0.1) is 0 Å². The number of hydrogen-bond donors (Lipinski definition) is 0. The molecule has 2 rings (SSSR count). The predicted octanol–water partition coefficient (Wildman–Crippen LogP) is 3.26. The molecule has 98 valence electrons. The van der Waals surface area contributed by atoms with Crippen LogP contribution in [0.2, 0.25) is 0 Å². The largest absolute Gasteiger partial charge is 0.305 e. The van der Waals surface area contributed by atoms with Crippen molar-refractivity contribution in [2.45, 2.75) is 57.8 Å². The minimum absolute atomic E-state index is 0.00833. The molecule has 2 saturated carbocycles. The lowest BCUT2D eigenvalue weighted by Crippen LogP contribution is -2.40. The molecule has 0 radical (unpaired) electrons. The fraction of sp³-hybridized carbons (Fsp3) is 0.933. The van der Waals surface area contributed by atoms with Crippen molar-refractivity contribution in [2.75, 3.05) is 20.1 Å². The van der Waals surface area contributed by atoms with Crippen molar-refractivity contribution in [1.82, 2.24) is 4.90 Å². The van der Waals surface area contributed by atoms with Crippen LogP contribution in [0.5, 0.6) is 0 Å². The third-order valence-corrected chi connectivity index (χ3v) is 4.73. The summed E-state index contributed by atoms with van der Waals surface area (Å²) in [4.78, 5) is 13.9. The molecule has 0 atom stereocenters. The summed E-state index contributed by atoms with van der Waals surface area (Å²) in [5, 5.41) is 0. The number of nitrogens with zero attached hydrogens (tertiary/aromatic N) is 1. The van der Waals surface area contributed by atoms with Crippen molar-refractivity contribution in [2.24, 2.45) is 11.3 Å². The second-order valence-electron chi connectivity index (χ2n) is 6.39. The first-order valence-corrected chi connectivity index (χ1v) is 7.39. The van der Waals surface area contributed by atoms with Gasteiger partial charge in [-0.15, -0.1) is 0 Å². The Morgan fingerprint density at radius 2 is 1.76 bits per heavy atom. The van der Waals surface area contributed by atoms with Crippen LogP contribution < -0.4 is 0 Å². The van der Waals surface area contributed by atoms with Gasteiger partial charge in [-0.3, -0.25) is 0 Å². The van der Waals surface area contributed by atoms with Crippen molar-refractivity contribution in [3.63, 3.8) is 0 Å². The van der Waals surface area contributed by atoms with E-state index in [1.54, 1.807) is 0 Å². The number of carbonyl (C=O) groups excluding carboxylic acids is 1. The van der Waals surface area contributed by atoms with Crippen molar-refractivity contribution in [3.05, 3.63) is 0 Å². The second kappa shape index (κ2) is 5.99. The number of rotatable bonds is 5. The van der Waals surface area contributed by atoms with E-state index in [0.717, 1.165) is 25.3 Å². The Labute approximate surface area is 106 Å². The molecule has 0 unspecified atom stereocenters. The highest BCUT2D eigenvalue weighted by molar-refractivity contribution is 5.60. The van der Waals surface area contributed by atoms with Crippen LogP contribution in [0.1, 0.15) is 57.8 Å². The normalized spacial score (nSPS) is 25.3. The summed E-state index contributed by atoms with van der Waals surface area (Å²) in [5.74, 6) is 0.896. The predicted molar refractivity (Wildman–Crippen MR) is 71.0 cm³/mol. The van der Waals surface area contributed by atoms with E-state index in [9.17, 15) is 4.79 Å². The highest BCUT2D eigenvalue weighted by atomic mass is 16.1. The van der Waals surface area contributed by atoms with Crippen LogP contribution in [0.3, 0.4) is 0 Å². The van der Waals surface area contributed by atoms with Crippen LogP contribution in [0.4, 0.5) is 0 Å². The fourth-order valence-corrected chi connectivity index (χ4v) is 3.80. The molecule has 0 N–H and O–H groups in total. The molecule has 0 heterocycles. The van der Waals surface area contributed by atoms with Gasteiger partial charge in [0.1, 0.15) is 6.29 Å². The first kappa shape index (κ1) is 13.1. The minimum atomic E-state index is -0.00833. The summed E-state index contributed by atoms with van der Waals surface area (Å²) in [6.07, 6.45) is 12.9. The van der Waals surface area contributed by atoms with Gasteiger partial charge in [0.25, 0.3) is 0 Å². The molecule has 17 heavy (non-hydrogen) atoms. The van der Waals surface area contributed by atoms with E-state index in [-0.39, 0.29) is 5.41 Å². The lowest BCUT2D eigenvalue weighted by Gasteiger charge is -2.36. The first-order chi connectivity index (χ1) is 8.24. The molecule has 0 spiro atoms. The van der Waals surface area contributed by atoms with Crippen molar-refractivity contribution in [1.29, 1.82) is 0 Å². The van der Waals surface area contributed by atoms with Crippen molar-refractivity contribution >= 4 is 6.29 Å². The second-order valence-corrected chi connectivity index (χ2v) is 6.39. The Kier molecular flexibility index (Phi) is 4.61. The van der Waals surface area contributed by atoms with E-state index in [0.29, 0.717) is 0 Å². The van der Waals surface area contributed by atoms with Crippen LogP contribution in [-0.2, 0) is 4.79 Å². The average Bonchev–Trinajstić information content (AvgIpc) is 2.83. The highest BCUT2D eigenvalue weighted by Crippen LogP contribution is 2.35. The Morgan fingerprint density at radius 1 is 1.12 bits per heavy atom. The van der Waals surface area contributed by atoms with E-state index in [1.165, 1.54) is 57.8 Å². The maximum Gasteiger partial charge on any atom is 0.127 e. The molecule has 0 saturated heterocycles. The highest BCUT2D eigenvalue weighted by Gasteiger charge is 2.33. The van der Waals surface area contributed by atoms with Gasteiger partial charge in [0, 0.05) is 18.5 Å². The Balaban J connectivity index is 1.82. The summed E-state index contributed by atoms with van der Waals surface area (Å²) in [6.45, 7) is 2.20. The standard InChI is InChI=1S/C15H27NO/c1-16(11-14-7-3-4-8-14)12-15(13-17)9-5-2-6-10-15/h13-14H,2-12H2,1H3. The molecular formula is C15H27NO. The molecule has 0 aliphatic heterocycles. The zero-order valence-electron chi connectivity index (χ0n) is 11.3. The number of aldehydes is 1. The molecule has 0 aromatic carbocycles. The van der Waals surface area contributed by atoms with Crippen LogP contribution in [0, 0.1) is 11.3 Å². The zero-order chi connectivity index (χ0) is 12.1. The molecule has 2 aliphatic rings. The van der Waals surface area contributed by atoms with Gasteiger partial charge >= 0.3 is 0 Å². The third-order valence-electron chi connectivity index (χ3n) is 4.73. The summed E-state index contributed by atoms with van der Waals surface area (Å²) >= 11 is 0. The van der Waals surface area contributed by atoms with Gasteiger partial charge in [-0.1, -0.05) is 32.1 Å².